The predicted molar refractivity (Wildman–Crippen MR) is 83.8 cm³/mol. The SMILES string of the molecule is Cc1ccc(C(=O)O)cc1NC(=O)NC(C)CCC(C)C. The van der Waals surface area contributed by atoms with Crippen LogP contribution in [-0.4, -0.2) is 23.1 Å². The van der Waals surface area contributed by atoms with Gasteiger partial charge in [0.25, 0.3) is 0 Å². The van der Waals surface area contributed by atoms with Gasteiger partial charge in [0.2, 0.25) is 0 Å². The topological polar surface area (TPSA) is 78.4 Å². The Labute approximate surface area is 125 Å². The van der Waals surface area contributed by atoms with Crippen LogP contribution in [0, 0.1) is 12.8 Å². The summed E-state index contributed by atoms with van der Waals surface area (Å²) < 4.78 is 0. The average Bonchev–Trinajstić information content (AvgIpc) is 2.38. The van der Waals surface area contributed by atoms with E-state index in [2.05, 4.69) is 24.5 Å². The van der Waals surface area contributed by atoms with Crippen LogP contribution < -0.4 is 10.6 Å². The number of hydrogen-bond donors (Lipinski definition) is 3. The summed E-state index contributed by atoms with van der Waals surface area (Å²) in [5.41, 5.74) is 1.50. The van der Waals surface area contributed by atoms with E-state index >= 15 is 0 Å². The highest BCUT2D eigenvalue weighted by Crippen LogP contribution is 2.17. The molecule has 0 fully saturated rings. The van der Waals surface area contributed by atoms with Crippen LogP contribution in [0.3, 0.4) is 0 Å². The first-order chi connectivity index (χ1) is 9.79. The molecule has 0 radical (unpaired) electrons. The quantitative estimate of drug-likeness (QED) is 0.749. The van der Waals surface area contributed by atoms with E-state index in [9.17, 15) is 9.59 Å². The number of benzene rings is 1. The van der Waals surface area contributed by atoms with E-state index in [1.54, 1.807) is 6.07 Å². The second kappa shape index (κ2) is 7.67. The van der Waals surface area contributed by atoms with Gasteiger partial charge in [-0.15, -0.1) is 0 Å². The monoisotopic (exact) mass is 292 g/mol. The highest BCUT2D eigenvalue weighted by Gasteiger charge is 2.11. The Morgan fingerprint density at radius 2 is 1.86 bits per heavy atom. The summed E-state index contributed by atoms with van der Waals surface area (Å²) in [6.07, 6.45) is 1.97. The van der Waals surface area contributed by atoms with Crippen LogP contribution in [0.2, 0.25) is 0 Å². The lowest BCUT2D eigenvalue weighted by Crippen LogP contribution is -2.36. The fourth-order valence-electron chi connectivity index (χ4n) is 1.93. The number of carboxylic acid groups (broad SMARTS) is 1. The molecule has 116 valence electrons. The van der Waals surface area contributed by atoms with Crippen LogP contribution in [0.4, 0.5) is 10.5 Å². The number of urea groups is 1. The summed E-state index contributed by atoms with van der Waals surface area (Å²) in [5.74, 6) is -0.407. The molecule has 0 aliphatic heterocycles. The van der Waals surface area contributed by atoms with Gasteiger partial charge >= 0.3 is 12.0 Å². The zero-order valence-corrected chi connectivity index (χ0v) is 13.1. The molecule has 1 unspecified atom stereocenters. The van der Waals surface area contributed by atoms with E-state index in [4.69, 9.17) is 5.11 Å². The maximum Gasteiger partial charge on any atom is 0.335 e. The first-order valence-electron chi connectivity index (χ1n) is 7.21. The number of carbonyl (C=O) groups excluding carboxylic acids is 1. The molecule has 5 nitrogen and oxygen atoms in total. The molecule has 0 aliphatic rings. The van der Waals surface area contributed by atoms with E-state index < -0.39 is 5.97 Å². The van der Waals surface area contributed by atoms with E-state index in [0.29, 0.717) is 11.6 Å². The molecule has 1 aromatic rings. The lowest BCUT2D eigenvalue weighted by Gasteiger charge is -2.16. The minimum atomic E-state index is -1.01. The number of carbonyl (C=O) groups is 2. The third-order valence-electron chi connectivity index (χ3n) is 3.29. The third-order valence-corrected chi connectivity index (χ3v) is 3.29. The maximum atomic E-state index is 11.9. The van der Waals surface area contributed by atoms with Gasteiger partial charge in [-0.3, -0.25) is 0 Å². The number of anilines is 1. The van der Waals surface area contributed by atoms with Crippen LogP contribution in [0.25, 0.3) is 0 Å². The molecule has 3 N–H and O–H groups in total. The summed E-state index contributed by atoms with van der Waals surface area (Å²) in [5, 5.41) is 14.5. The summed E-state index contributed by atoms with van der Waals surface area (Å²) in [6, 6.07) is 4.44. The van der Waals surface area contributed by atoms with Gasteiger partial charge in [0.15, 0.2) is 0 Å². The molecule has 1 rings (SSSR count). The van der Waals surface area contributed by atoms with Crippen molar-refractivity contribution in [2.45, 2.75) is 46.6 Å². The molecule has 1 atom stereocenters. The van der Waals surface area contributed by atoms with Crippen LogP contribution in [0.5, 0.6) is 0 Å². The number of amides is 2. The van der Waals surface area contributed by atoms with Crippen molar-refractivity contribution in [1.29, 1.82) is 0 Å². The van der Waals surface area contributed by atoms with E-state index in [0.717, 1.165) is 18.4 Å². The van der Waals surface area contributed by atoms with Crippen molar-refractivity contribution in [3.05, 3.63) is 29.3 Å². The first-order valence-corrected chi connectivity index (χ1v) is 7.21. The third kappa shape index (κ3) is 5.85. The molecule has 5 heteroatoms. The van der Waals surface area contributed by atoms with Gasteiger partial charge in [-0.2, -0.15) is 0 Å². The Bertz CT molecular complexity index is 512. The summed E-state index contributed by atoms with van der Waals surface area (Å²) in [4.78, 5) is 22.9. The minimum Gasteiger partial charge on any atom is -0.478 e. The molecule has 0 heterocycles. The van der Waals surface area contributed by atoms with Crippen molar-refractivity contribution in [2.75, 3.05) is 5.32 Å². The van der Waals surface area contributed by atoms with Gasteiger partial charge in [0.05, 0.1) is 5.56 Å². The molecule has 2 amide bonds. The fraction of sp³-hybridized carbons (Fsp3) is 0.500. The van der Waals surface area contributed by atoms with E-state index in [1.807, 2.05) is 13.8 Å². The van der Waals surface area contributed by atoms with Crippen LogP contribution >= 0.6 is 0 Å². The lowest BCUT2D eigenvalue weighted by molar-refractivity contribution is 0.0697. The molecule has 0 aromatic heterocycles. The van der Waals surface area contributed by atoms with Crippen molar-refractivity contribution in [3.8, 4) is 0 Å². The lowest BCUT2D eigenvalue weighted by atomic mass is 10.0. The summed E-state index contributed by atoms with van der Waals surface area (Å²) in [6.45, 7) is 8.08. The largest absolute Gasteiger partial charge is 0.478 e. The van der Waals surface area contributed by atoms with Crippen LogP contribution in [0.15, 0.2) is 18.2 Å². The predicted octanol–water partition coefficient (Wildman–Crippen LogP) is 3.64. The zero-order chi connectivity index (χ0) is 16.0. The Kier molecular flexibility index (Phi) is 6.21. The Hall–Kier alpha value is -2.04. The number of aryl methyl sites for hydroxylation is 1. The van der Waals surface area contributed by atoms with Gasteiger partial charge in [-0.05, 0) is 50.3 Å². The Morgan fingerprint density at radius 3 is 2.43 bits per heavy atom. The number of hydrogen-bond acceptors (Lipinski definition) is 2. The number of aromatic carboxylic acids is 1. The molecular formula is C16H24N2O3. The van der Waals surface area contributed by atoms with E-state index in [1.165, 1.54) is 12.1 Å². The molecule has 0 saturated carbocycles. The van der Waals surface area contributed by atoms with Gasteiger partial charge in [0, 0.05) is 11.7 Å². The van der Waals surface area contributed by atoms with Crippen LogP contribution in [0.1, 0.15) is 49.5 Å². The molecular weight excluding hydrogens is 268 g/mol. The Balaban J connectivity index is 2.62. The van der Waals surface area contributed by atoms with Crippen molar-refractivity contribution < 1.29 is 14.7 Å². The van der Waals surface area contributed by atoms with E-state index in [-0.39, 0.29) is 17.6 Å². The number of nitrogens with one attached hydrogen (secondary N) is 2. The van der Waals surface area contributed by atoms with Crippen molar-refractivity contribution in [3.63, 3.8) is 0 Å². The minimum absolute atomic E-state index is 0.0790. The standard InChI is InChI=1S/C16H24N2O3/c1-10(2)5-7-12(4)17-16(21)18-14-9-13(15(19)20)8-6-11(14)3/h6,8-10,12H,5,7H2,1-4H3,(H,19,20)(H2,17,18,21). The molecule has 21 heavy (non-hydrogen) atoms. The van der Waals surface area contributed by atoms with Crippen molar-refractivity contribution >= 4 is 17.7 Å². The molecule has 1 aromatic carbocycles. The second-order valence-corrected chi connectivity index (χ2v) is 5.81. The molecule has 0 spiro atoms. The van der Waals surface area contributed by atoms with Gasteiger partial charge in [-0.25, -0.2) is 9.59 Å². The summed E-state index contributed by atoms with van der Waals surface area (Å²) >= 11 is 0. The number of carboxylic acids is 1. The second-order valence-electron chi connectivity index (χ2n) is 5.81. The normalized spacial score (nSPS) is 12.0. The van der Waals surface area contributed by atoms with Crippen molar-refractivity contribution in [2.24, 2.45) is 5.92 Å². The summed E-state index contributed by atoms with van der Waals surface area (Å²) in [7, 11) is 0. The molecule has 0 bridgehead atoms. The highest BCUT2D eigenvalue weighted by atomic mass is 16.4. The zero-order valence-electron chi connectivity index (χ0n) is 13.1. The maximum absolute atomic E-state index is 11.9. The Morgan fingerprint density at radius 1 is 1.19 bits per heavy atom. The number of rotatable bonds is 6. The van der Waals surface area contributed by atoms with Gasteiger partial charge < -0.3 is 15.7 Å². The fourth-order valence-corrected chi connectivity index (χ4v) is 1.93. The molecule has 0 aliphatic carbocycles. The van der Waals surface area contributed by atoms with Gasteiger partial charge in [0.1, 0.15) is 0 Å². The highest BCUT2D eigenvalue weighted by molar-refractivity contribution is 5.94. The smallest absolute Gasteiger partial charge is 0.335 e. The van der Waals surface area contributed by atoms with Crippen LogP contribution in [-0.2, 0) is 0 Å². The van der Waals surface area contributed by atoms with Crippen molar-refractivity contribution in [1.82, 2.24) is 5.32 Å². The van der Waals surface area contributed by atoms with Gasteiger partial charge in [-0.1, -0.05) is 19.9 Å². The first kappa shape index (κ1) is 17.0. The molecule has 0 saturated heterocycles. The average molecular weight is 292 g/mol.